The number of benzene rings is 1. The van der Waals surface area contributed by atoms with E-state index in [0.29, 0.717) is 6.04 Å². The zero-order valence-corrected chi connectivity index (χ0v) is 13.3. The summed E-state index contributed by atoms with van der Waals surface area (Å²) in [6.07, 6.45) is 2.48. The molecule has 0 radical (unpaired) electrons. The van der Waals surface area contributed by atoms with Crippen LogP contribution in [0.1, 0.15) is 12.7 Å². The Balaban J connectivity index is 1.92. The van der Waals surface area contributed by atoms with Crippen LogP contribution >= 0.6 is 23.4 Å². The van der Waals surface area contributed by atoms with Gasteiger partial charge < -0.3 is 5.32 Å². The van der Waals surface area contributed by atoms with Gasteiger partial charge in [0.05, 0.1) is 0 Å². The highest BCUT2D eigenvalue weighted by Gasteiger charge is 2.12. The Labute approximate surface area is 128 Å². The van der Waals surface area contributed by atoms with Crippen LogP contribution in [0.4, 0.5) is 0 Å². The lowest BCUT2D eigenvalue weighted by Crippen LogP contribution is -2.34. The summed E-state index contributed by atoms with van der Waals surface area (Å²) in [5.74, 6) is 2.00. The second kappa shape index (κ2) is 7.67. The third-order valence-corrected chi connectivity index (χ3v) is 4.42. The van der Waals surface area contributed by atoms with Crippen molar-refractivity contribution in [3.05, 3.63) is 41.4 Å². The zero-order chi connectivity index (χ0) is 14.4. The lowest BCUT2D eigenvalue weighted by molar-refractivity contribution is 0.542. The third-order valence-electron chi connectivity index (χ3n) is 2.99. The number of likely N-dealkylation sites (N-methyl/N-ethyl adjacent to an activating group) is 1. The van der Waals surface area contributed by atoms with Crippen molar-refractivity contribution in [2.45, 2.75) is 24.3 Å². The number of nitrogens with zero attached hydrogens (tertiary/aromatic N) is 3. The zero-order valence-electron chi connectivity index (χ0n) is 11.7. The molecule has 2 aromatic rings. The molecule has 1 heterocycles. The molecule has 1 aromatic heterocycles. The van der Waals surface area contributed by atoms with Crippen LogP contribution < -0.4 is 5.32 Å². The van der Waals surface area contributed by atoms with Crippen molar-refractivity contribution in [3.63, 3.8) is 0 Å². The third kappa shape index (κ3) is 4.51. The van der Waals surface area contributed by atoms with Gasteiger partial charge in [0.25, 0.3) is 0 Å². The Morgan fingerprint density at radius 1 is 1.35 bits per heavy atom. The summed E-state index contributed by atoms with van der Waals surface area (Å²) in [4.78, 5) is 5.52. The van der Waals surface area contributed by atoms with Gasteiger partial charge in [-0.05, 0) is 30.8 Å². The quantitative estimate of drug-likeness (QED) is 0.799. The summed E-state index contributed by atoms with van der Waals surface area (Å²) in [5, 5.41) is 8.39. The molecule has 0 fully saturated rings. The van der Waals surface area contributed by atoms with Crippen molar-refractivity contribution in [2.24, 2.45) is 7.05 Å². The van der Waals surface area contributed by atoms with E-state index in [-0.39, 0.29) is 0 Å². The molecule has 1 atom stereocenters. The molecule has 0 aliphatic heterocycles. The Morgan fingerprint density at radius 2 is 2.10 bits per heavy atom. The lowest BCUT2D eigenvalue weighted by Gasteiger charge is -2.17. The summed E-state index contributed by atoms with van der Waals surface area (Å²) < 4.78 is 1.83. The van der Waals surface area contributed by atoms with Gasteiger partial charge in [0.15, 0.2) is 0 Å². The standard InChI is InChI=1S/C14H19ClN4S/c1-3-16-12(8-14-17-10-18-19(14)2)9-20-13-6-4-11(15)5-7-13/h4-7,10,12,16H,3,8-9H2,1-2H3. The molecule has 0 saturated heterocycles. The number of nitrogens with one attached hydrogen (secondary N) is 1. The van der Waals surface area contributed by atoms with Crippen LogP contribution in [-0.2, 0) is 13.5 Å². The second-order valence-electron chi connectivity index (χ2n) is 4.52. The largest absolute Gasteiger partial charge is 0.313 e. The number of thioether (sulfide) groups is 1. The van der Waals surface area contributed by atoms with E-state index in [4.69, 9.17) is 11.6 Å². The summed E-state index contributed by atoms with van der Waals surface area (Å²) in [7, 11) is 1.93. The van der Waals surface area contributed by atoms with E-state index in [1.807, 2.05) is 35.6 Å². The van der Waals surface area contributed by atoms with Gasteiger partial charge in [-0.1, -0.05) is 18.5 Å². The number of hydrogen-bond donors (Lipinski definition) is 1. The average molecular weight is 311 g/mol. The molecular formula is C14H19ClN4S. The van der Waals surface area contributed by atoms with Crippen molar-refractivity contribution < 1.29 is 0 Å². The number of hydrogen-bond acceptors (Lipinski definition) is 4. The Bertz CT molecular complexity index is 526. The molecular weight excluding hydrogens is 292 g/mol. The van der Waals surface area contributed by atoms with Gasteiger partial charge in [0, 0.05) is 35.2 Å². The van der Waals surface area contributed by atoms with Crippen molar-refractivity contribution >= 4 is 23.4 Å². The number of aromatic nitrogens is 3. The second-order valence-corrected chi connectivity index (χ2v) is 6.05. The topological polar surface area (TPSA) is 42.7 Å². The van der Waals surface area contributed by atoms with E-state index in [9.17, 15) is 0 Å². The van der Waals surface area contributed by atoms with E-state index in [1.165, 1.54) is 4.90 Å². The van der Waals surface area contributed by atoms with Gasteiger partial charge in [-0.2, -0.15) is 5.10 Å². The van der Waals surface area contributed by atoms with Crippen molar-refractivity contribution in [1.29, 1.82) is 0 Å². The minimum atomic E-state index is 0.378. The molecule has 20 heavy (non-hydrogen) atoms. The predicted octanol–water partition coefficient (Wildman–Crippen LogP) is 2.78. The number of rotatable bonds is 7. The van der Waals surface area contributed by atoms with Crippen molar-refractivity contribution in [2.75, 3.05) is 12.3 Å². The Kier molecular flexibility index (Phi) is 5.88. The maximum absolute atomic E-state index is 5.90. The normalized spacial score (nSPS) is 12.6. The SMILES string of the molecule is CCNC(CSc1ccc(Cl)cc1)Cc1ncnn1C. The monoisotopic (exact) mass is 310 g/mol. The number of halogens is 1. The van der Waals surface area contributed by atoms with Gasteiger partial charge >= 0.3 is 0 Å². The first-order chi connectivity index (χ1) is 9.69. The van der Waals surface area contributed by atoms with Crippen LogP contribution in [0.2, 0.25) is 5.02 Å². The molecule has 0 aliphatic rings. The molecule has 108 valence electrons. The molecule has 0 amide bonds. The van der Waals surface area contributed by atoms with Crippen molar-refractivity contribution in [1.82, 2.24) is 20.1 Å². The first kappa shape index (κ1) is 15.4. The maximum atomic E-state index is 5.90. The number of aryl methyl sites for hydroxylation is 1. The van der Waals surface area contributed by atoms with Crippen molar-refractivity contribution in [3.8, 4) is 0 Å². The minimum Gasteiger partial charge on any atom is -0.313 e. The van der Waals surface area contributed by atoms with E-state index >= 15 is 0 Å². The van der Waals surface area contributed by atoms with Gasteiger partial charge in [-0.25, -0.2) is 4.98 Å². The van der Waals surface area contributed by atoms with Crippen LogP contribution in [0.25, 0.3) is 0 Å². The summed E-state index contributed by atoms with van der Waals surface area (Å²) in [6.45, 7) is 3.07. The fourth-order valence-corrected chi connectivity index (χ4v) is 3.02. The van der Waals surface area contributed by atoms with Crippen LogP contribution in [-0.4, -0.2) is 33.1 Å². The van der Waals surface area contributed by atoms with Crippen LogP contribution in [0, 0.1) is 0 Å². The van der Waals surface area contributed by atoms with E-state index in [0.717, 1.165) is 29.6 Å². The van der Waals surface area contributed by atoms with Crippen LogP contribution in [0.5, 0.6) is 0 Å². The average Bonchev–Trinajstić information content (AvgIpc) is 2.84. The van der Waals surface area contributed by atoms with Gasteiger partial charge in [0.2, 0.25) is 0 Å². The molecule has 0 spiro atoms. The first-order valence-corrected chi connectivity index (χ1v) is 8.00. The molecule has 1 N–H and O–H groups in total. The molecule has 4 nitrogen and oxygen atoms in total. The van der Waals surface area contributed by atoms with E-state index in [2.05, 4.69) is 34.5 Å². The molecule has 1 unspecified atom stereocenters. The Hall–Kier alpha value is -1.04. The van der Waals surface area contributed by atoms with Crippen LogP contribution in [0.3, 0.4) is 0 Å². The molecule has 0 saturated carbocycles. The fraction of sp³-hybridized carbons (Fsp3) is 0.429. The van der Waals surface area contributed by atoms with E-state index < -0.39 is 0 Å². The lowest BCUT2D eigenvalue weighted by atomic mass is 10.2. The Morgan fingerprint density at radius 3 is 2.70 bits per heavy atom. The fourth-order valence-electron chi connectivity index (χ4n) is 1.93. The molecule has 2 rings (SSSR count). The summed E-state index contributed by atoms with van der Waals surface area (Å²) >= 11 is 7.72. The van der Waals surface area contributed by atoms with Gasteiger partial charge in [-0.3, -0.25) is 4.68 Å². The summed E-state index contributed by atoms with van der Waals surface area (Å²) in [6, 6.07) is 8.34. The highest BCUT2D eigenvalue weighted by molar-refractivity contribution is 7.99. The van der Waals surface area contributed by atoms with Crippen LogP contribution in [0.15, 0.2) is 35.5 Å². The van der Waals surface area contributed by atoms with E-state index in [1.54, 1.807) is 6.33 Å². The molecule has 6 heteroatoms. The minimum absolute atomic E-state index is 0.378. The maximum Gasteiger partial charge on any atom is 0.138 e. The first-order valence-electron chi connectivity index (χ1n) is 6.63. The predicted molar refractivity (Wildman–Crippen MR) is 84.3 cm³/mol. The molecule has 0 aliphatic carbocycles. The van der Waals surface area contributed by atoms with Gasteiger partial charge in [0.1, 0.15) is 12.2 Å². The molecule has 1 aromatic carbocycles. The summed E-state index contributed by atoms with van der Waals surface area (Å²) in [5.41, 5.74) is 0. The smallest absolute Gasteiger partial charge is 0.138 e. The highest BCUT2D eigenvalue weighted by Crippen LogP contribution is 2.21. The highest BCUT2D eigenvalue weighted by atomic mass is 35.5. The molecule has 0 bridgehead atoms. The van der Waals surface area contributed by atoms with Gasteiger partial charge in [-0.15, -0.1) is 11.8 Å².